The first-order valence-electron chi connectivity index (χ1n) is 13.3. The third-order valence-corrected chi connectivity index (χ3v) is 11.3. The Bertz CT molecular complexity index is 1280. The van der Waals surface area contributed by atoms with Crippen LogP contribution in [-0.2, 0) is 19.4 Å². The molecule has 38 heavy (non-hydrogen) atoms. The number of likely N-dealkylation sites (tertiary alicyclic amines) is 1. The number of rotatable bonds is 10. The number of nitrogens with zero attached hydrogens (tertiary/aromatic N) is 1. The standard InChI is InChI=1S/C29H35Cl2NO5S/c1-3-23(18-38(36,37)24-9-6-10-24)32-27(19-11-13-21(30)14-12-19)25(20-7-5-8-22(31)15-20)16-29(4-2,28(32)35)17-26(33)34/h5,7-8,11-15,23-25,27H,3-4,6,9-10,16-18H2,1-2H3,(H,33,34)/t23?,25-,27-,29-/m1/s1. The van der Waals surface area contributed by atoms with Crippen LogP contribution in [0.3, 0.4) is 0 Å². The van der Waals surface area contributed by atoms with E-state index in [2.05, 4.69) is 0 Å². The molecule has 206 valence electrons. The van der Waals surface area contributed by atoms with Crippen molar-refractivity contribution in [3.8, 4) is 0 Å². The summed E-state index contributed by atoms with van der Waals surface area (Å²) in [5.74, 6) is -1.78. The molecular formula is C29H35Cl2NO5S. The highest BCUT2D eigenvalue weighted by atomic mass is 35.5. The zero-order valence-electron chi connectivity index (χ0n) is 21.8. The van der Waals surface area contributed by atoms with Gasteiger partial charge >= 0.3 is 5.97 Å². The largest absolute Gasteiger partial charge is 0.481 e. The number of amides is 1. The maximum Gasteiger partial charge on any atom is 0.304 e. The van der Waals surface area contributed by atoms with Crippen LogP contribution in [0, 0.1) is 5.41 Å². The summed E-state index contributed by atoms with van der Waals surface area (Å²) < 4.78 is 26.7. The second-order valence-electron chi connectivity index (χ2n) is 10.7. The monoisotopic (exact) mass is 579 g/mol. The van der Waals surface area contributed by atoms with Gasteiger partial charge in [0.25, 0.3) is 0 Å². The zero-order valence-corrected chi connectivity index (χ0v) is 24.1. The predicted molar refractivity (Wildman–Crippen MR) is 150 cm³/mol. The molecule has 9 heteroatoms. The van der Waals surface area contributed by atoms with Gasteiger partial charge in [0.2, 0.25) is 5.91 Å². The lowest BCUT2D eigenvalue weighted by molar-refractivity contribution is -0.161. The topological polar surface area (TPSA) is 91.8 Å². The Hall–Kier alpha value is -2.09. The normalized spacial score (nSPS) is 25.2. The first-order valence-corrected chi connectivity index (χ1v) is 15.8. The maximum absolute atomic E-state index is 14.5. The first-order chi connectivity index (χ1) is 18.0. The van der Waals surface area contributed by atoms with Gasteiger partial charge in [0.05, 0.1) is 28.9 Å². The van der Waals surface area contributed by atoms with Crippen LogP contribution < -0.4 is 0 Å². The van der Waals surface area contributed by atoms with Crippen LogP contribution in [0.15, 0.2) is 48.5 Å². The number of carbonyl (C=O) groups is 2. The number of hydrogen-bond donors (Lipinski definition) is 1. The van der Waals surface area contributed by atoms with E-state index >= 15 is 0 Å². The Morgan fingerprint density at radius 1 is 1.08 bits per heavy atom. The van der Waals surface area contributed by atoms with Gasteiger partial charge in [-0.3, -0.25) is 9.59 Å². The molecule has 0 radical (unpaired) electrons. The average molecular weight is 581 g/mol. The third-order valence-electron chi connectivity index (χ3n) is 8.48. The zero-order chi connectivity index (χ0) is 27.7. The minimum Gasteiger partial charge on any atom is -0.481 e. The van der Waals surface area contributed by atoms with E-state index in [0.29, 0.717) is 42.1 Å². The molecule has 6 nitrogen and oxygen atoms in total. The summed E-state index contributed by atoms with van der Waals surface area (Å²) in [6, 6.07) is 13.6. The van der Waals surface area contributed by atoms with Crippen LogP contribution in [0.5, 0.6) is 0 Å². The van der Waals surface area contributed by atoms with Crippen molar-refractivity contribution in [3.63, 3.8) is 0 Å². The molecular weight excluding hydrogens is 545 g/mol. The van der Waals surface area contributed by atoms with Crippen molar-refractivity contribution in [2.24, 2.45) is 5.41 Å². The van der Waals surface area contributed by atoms with Crippen molar-refractivity contribution in [1.82, 2.24) is 4.90 Å². The number of hydrogen-bond acceptors (Lipinski definition) is 4. The van der Waals surface area contributed by atoms with Gasteiger partial charge in [-0.1, -0.05) is 67.7 Å². The summed E-state index contributed by atoms with van der Waals surface area (Å²) in [6.07, 6.45) is 2.93. The summed E-state index contributed by atoms with van der Waals surface area (Å²) in [4.78, 5) is 28.2. The lowest BCUT2D eigenvalue weighted by Gasteiger charge is -2.53. The summed E-state index contributed by atoms with van der Waals surface area (Å²) in [5.41, 5.74) is 0.539. The van der Waals surface area contributed by atoms with Crippen molar-refractivity contribution < 1.29 is 23.1 Å². The van der Waals surface area contributed by atoms with E-state index in [4.69, 9.17) is 23.2 Å². The number of sulfone groups is 1. The average Bonchev–Trinajstić information content (AvgIpc) is 2.82. The summed E-state index contributed by atoms with van der Waals surface area (Å²) in [6.45, 7) is 3.73. The molecule has 0 spiro atoms. The van der Waals surface area contributed by atoms with Crippen molar-refractivity contribution in [3.05, 3.63) is 69.7 Å². The van der Waals surface area contributed by atoms with E-state index in [1.54, 1.807) is 23.1 Å². The molecule has 1 aliphatic carbocycles. The van der Waals surface area contributed by atoms with Crippen molar-refractivity contribution in [2.45, 2.75) is 82.0 Å². The molecule has 0 aromatic heterocycles. The van der Waals surface area contributed by atoms with E-state index in [0.717, 1.165) is 17.5 Å². The van der Waals surface area contributed by atoms with E-state index in [-0.39, 0.29) is 29.2 Å². The molecule has 2 aliphatic rings. The highest BCUT2D eigenvalue weighted by molar-refractivity contribution is 7.92. The Morgan fingerprint density at radius 2 is 1.76 bits per heavy atom. The smallest absolute Gasteiger partial charge is 0.304 e. The molecule has 1 N–H and O–H groups in total. The van der Waals surface area contributed by atoms with Crippen molar-refractivity contribution in [2.75, 3.05) is 5.75 Å². The van der Waals surface area contributed by atoms with E-state index in [1.165, 1.54) is 0 Å². The van der Waals surface area contributed by atoms with Gasteiger partial charge in [-0.25, -0.2) is 8.42 Å². The van der Waals surface area contributed by atoms with Crippen LogP contribution >= 0.6 is 23.2 Å². The van der Waals surface area contributed by atoms with Gasteiger partial charge in [0.15, 0.2) is 9.84 Å². The van der Waals surface area contributed by atoms with Gasteiger partial charge < -0.3 is 10.0 Å². The van der Waals surface area contributed by atoms with Crippen LogP contribution in [0.25, 0.3) is 0 Å². The van der Waals surface area contributed by atoms with Gasteiger partial charge in [-0.05, 0) is 67.5 Å². The predicted octanol–water partition coefficient (Wildman–Crippen LogP) is 6.67. The number of aliphatic carboxylic acids is 1. The molecule has 4 atom stereocenters. The SMILES string of the molecule is CCC(CS(=O)(=O)C1CCC1)N1C(=O)[C@@](CC)(CC(=O)O)C[C@H](c2cccc(Cl)c2)[C@H]1c1ccc(Cl)cc1. The lowest BCUT2D eigenvalue weighted by Crippen LogP contribution is -2.58. The number of piperidine rings is 1. The maximum atomic E-state index is 14.5. The minimum absolute atomic E-state index is 0.140. The fourth-order valence-corrected chi connectivity index (χ4v) is 8.67. The molecule has 2 aromatic carbocycles. The quantitative estimate of drug-likeness (QED) is 0.339. The fraction of sp³-hybridized carbons (Fsp3) is 0.517. The Morgan fingerprint density at radius 3 is 2.29 bits per heavy atom. The second-order valence-corrected chi connectivity index (χ2v) is 13.9. The summed E-state index contributed by atoms with van der Waals surface area (Å²) >= 11 is 12.6. The summed E-state index contributed by atoms with van der Waals surface area (Å²) in [5, 5.41) is 10.6. The Labute approximate surface area is 235 Å². The van der Waals surface area contributed by atoms with Crippen molar-refractivity contribution >= 4 is 44.9 Å². The van der Waals surface area contributed by atoms with Gasteiger partial charge in [-0.2, -0.15) is 0 Å². The third kappa shape index (κ3) is 5.75. The van der Waals surface area contributed by atoms with E-state index in [9.17, 15) is 23.1 Å². The molecule has 1 amide bonds. The number of carboxylic acid groups (broad SMARTS) is 1. The highest BCUT2D eigenvalue weighted by Gasteiger charge is 2.54. The Kier molecular flexibility index (Phi) is 8.80. The van der Waals surface area contributed by atoms with E-state index < -0.39 is 33.3 Å². The fourth-order valence-electron chi connectivity index (χ4n) is 6.08. The van der Waals surface area contributed by atoms with Crippen LogP contribution in [-0.4, -0.2) is 47.3 Å². The van der Waals surface area contributed by atoms with Gasteiger partial charge in [0, 0.05) is 22.0 Å². The molecule has 2 aromatic rings. The molecule has 1 unspecified atom stereocenters. The first kappa shape index (κ1) is 28.9. The molecule has 1 heterocycles. The number of carboxylic acids is 1. The van der Waals surface area contributed by atoms with E-state index in [1.807, 2.05) is 44.2 Å². The summed E-state index contributed by atoms with van der Waals surface area (Å²) in [7, 11) is -3.43. The number of benzene rings is 2. The highest BCUT2D eigenvalue weighted by Crippen LogP contribution is 2.53. The van der Waals surface area contributed by atoms with Gasteiger partial charge in [-0.15, -0.1) is 0 Å². The van der Waals surface area contributed by atoms with Crippen LogP contribution in [0.1, 0.15) is 81.9 Å². The molecule has 1 saturated carbocycles. The number of halogens is 2. The number of carbonyl (C=O) groups excluding carboxylic acids is 1. The van der Waals surface area contributed by atoms with Gasteiger partial charge in [0.1, 0.15) is 0 Å². The molecule has 1 aliphatic heterocycles. The molecule has 2 fully saturated rings. The van der Waals surface area contributed by atoms with Crippen LogP contribution in [0.4, 0.5) is 0 Å². The van der Waals surface area contributed by atoms with Crippen LogP contribution in [0.2, 0.25) is 10.0 Å². The molecule has 4 rings (SSSR count). The molecule has 0 bridgehead atoms. The Balaban J connectivity index is 1.91. The second kappa shape index (κ2) is 11.6. The minimum atomic E-state index is -3.43. The lowest BCUT2D eigenvalue weighted by atomic mass is 9.65. The van der Waals surface area contributed by atoms with Crippen molar-refractivity contribution in [1.29, 1.82) is 0 Å². The molecule has 1 saturated heterocycles.